The van der Waals surface area contributed by atoms with Crippen LogP contribution in [-0.2, 0) is 19.2 Å². The largest absolute Gasteiger partial charge is 0.455 e. The monoisotopic (exact) mass is 1840 g/mol. The molecule has 712 valence electrons. The Morgan fingerprint density at radius 1 is 0.328 bits per heavy atom. The van der Waals surface area contributed by atoms with Gasteiger partial charge >= 0.3 is 0 Å². The lowest BCUT2D eigenvalue weighted by Gasteiger charge is -2.20. The second-order valence-electron chi connectivity index (χ2n) is 31.1. The molecule has 0 spiro atoms. The number of carbonyl (C=O) groups is 10. The third-order valence-electron chi connectivity index (χ3n) is 21.0. The lowest BCUT2D eigenvalue weighted by Crippen LogP contribution is -2.25. The Bertz CT molecular complexity index is 5390. The van der Waals surface area contributed by atoms with Crippen molar-refractivity contribution in [2.24, 2.45) is 0 Å². The fourth-order valence-electron chi connectivity index (χ4n) is 13.5. The minimum absolute atomic E-state index is 0.0648. The Morgan fingerprint density at radius 2 is 0.619 bits per heavy atom. The van der Waals surface area contributed by atoms with Crippen molar-refractivity contribution in [2.75, 3.05) is 99.5 Å². The van der Waals surface area contributed by atoms with Crippen LogP contribution in [0, 0.1) is 12.7 Å². The number of benzene rings is 10. The van der Waals surface area contributed by atoms with E-state index in [4.69, 9.17) is 40.7 Å². The van der Waals surface area contributed by atoms with E-state index >= 15 is 0 Å². The van der Waals surface area contributed by atoms with E-state index in [2.05, 4.69) is 42.5 Å². The molecule has 0 aromatic heterocycles. The average molecular weight is 1840 g/mol. The number of anilines is 6. The number of rotatable bonds is 36. The Kier molecular flexibility index (Phi) is 45.8. The zero-order chi connectivity index (χ0) is 97.1. The van der Waals surface area contributed by atoms with E-state index in [0.717, 1.165) is 114 Å². The standard InChI is InChI=1S/C21H17FN2O3.C20H16N2O3.C16H25N3O3.C15H23N3O3.C14H21N3O3.C13H19N3O3/c1-12-10-15(22)11-16-19(13-6-8-14(9-7-13)21(25)24-26)23-17-4-2-3-5-18(17)27-20(12)16;23-20(22-24)14-11-9-13(10-12-14)19-15-5-1-3-7-17(15)25-18-8-4-2-6-16(18)21-19;1-19(2)14-10-8-13(9-11-14)16(21)17-12-6-4-3-5-7-15(20)18-22;1-16-13-9-7-12(8-10-13)15(20)17-11-5-3-2-4-6-14(19)18-21;1-17(2)12-8-6-11(7-9-12)14(19)15-10-4-3-5-13(18)16-20;1-14-11-7-5-10(6-8-11)13(18)15-9-3-2-4-12(17)16-19/h2-11,19,23,26H,1H3,(H,24,25);1-12,19,21,24H,(H,22,23);8-11,22H,3-7,12H2,1-2H3,(H,17,21)(H,18,20);7-10,16,21H,2-6,11H2,1H3,(H,17,20)(H,18,19);6-9,20H,3-5,10H2,1-2H3,(H,15,19)(H,16,18);5-8,14,19H,2-4,9H2,1H3,(H,15,18)(H,16,17). The molecule has 12 rings (SSSR count). The van der Waals surface area contributed by atoms with Gasteiger partial charge in [-0.15, -0.1) is 0 Å². The van der Waals surface area contributed by atoms with Crippen LogP contribution in [0.15, 0.2) is 231 Å². The molecule has 2 unspecified atom stereocenters. The van der Waals surface area contributed by atoms with Gasteiger partial charge in [-0.2, -0.15) is 0 Å². The number of ether oxygens (including phenoxy) is 2. The number of unbranched alkanes of at least 4 members (excludes halogenated alkanes) is 8. The molecule has 34 nitrogen and oxygen atoms in total. The number of fused-ring (bicyclic) bond motifs is 4. The quantitative estimate of drug-likeness (QED) is 0.00985. The Labute approximate surface area is 778 Å². The smallest absolute Gasteiger partial charge is 0.274 e. The van der Waals surface area contributed by atoms with E-state index < -0.39 is 23.6 Å². The molecule has 20 N–H and O–H groups in total. The summed E-state index contributed by atoms with van der Waals surface area (Å²) < 4.78 is 26.3. The molecule has 0 saturated heterocycles. The molecular weight excluding hydrogens is 1720 g/mol. The maximum Gasteiger partial charge on any atom is 0.274 e. The van der Waals surface area contributed by atoms with Crippen molar-refractivity contribution in [1.29, 1.82) is 0 Å². The molecule has 0 aliphatic carbocycles. The number of hydroxylamine groups is 6. The van der Waals surface area contributed by atoms with E-state index in [1.807, 2.05) is 205 Å². The summed E-state index contributed by atoms with van der Waals surface area (Å²) in [6.07, 6.45) is 10.7. The maximum absolute atomic E-state index is 14.2. The zero-order valence-corrected chi connectivity index (χ0v) is 76.1. The molecule has 10 aromatic rings. The van der Waals surface area contributed by atoms with Gasteiger partial charge in [-0.1, -0.05) is 92.4 Å². The van der Waals surface area contributed by atoms with Crippen LogP contribution in [0.25, 0.3) is 0 Å². The van der Waals surface area contributed by atoms with Crippen LogP contribution in [0.3, 0.4) is 0 Å². The summed E-state index contributed by atoms with van der Waals surface area (Å²) in [4.78, 5) is 117. The number of nitrogens with one attached hydrogen (secondary N) is 14. The van der Waals surface area contributed by atoms with Gasteiger partial charge in [0, 0.05) is 161 Å². The van der Waals surface area contributed by atoms with Gasteiger partial charge in [0.05, 0.1) is 23.5 Å². The average Bonchev–Trinajstić information content (AvgIpc) is 1.62. The minimum atomic E-state index is -0.591. The number of hydrogen-bond donors (Lipinski definition) is 20. The Morgan fingerprint density at radius 3 is 0.963 bits per heavy atom. The summed E-state index contributed by atoms with van der Waals surface area (Å²) in [7, 11) is 11.4. The summed E-state index contributed by atoms with van der Waals surface area (Å²) in [6.45, 7) is 4.07. The first-order valence-corrected chi connectivity index (χ1v) is 43.7. The van der Waals surface area contributed by atoms with Gasteiger partial charge in [0.15, 0.2) is 11.5 Å². The molecule has 134 heavy (non-hydrogen) atoms. The van der Waals surface area contributed by atoms with Gasteiger partial charge in [0.2, 0.25) is 23.6 Å². The Balaban J connectivity index is 0.000000221. The van der Waals surface area contributed by atoms with Crippen LogP contribution in [0.1, 0.15) is 205 Å². The summed E-state index contributed by atoms with van der Waals surface area (Å²) in [5.74, 6) is -0.547. The van der Waals surface area contributed by atoms with Gasteiger partial charge in [0.1, 0.15) is 17.3 Å². The van der Waals surface area contributed by atoms with Crippen LogP contribution < -0.4 is 94.7 Å². The molecule has 2 atom stereocenters. The summed E-state index contributed by atoms with van der Waals surface area (Å²) >= 11 is 0. The van der Waals surface area contributed by atoms with E-state index in [1.165, 1.54) is 12.1 Å². The zero-order valence-electron chi connectivity index (χ0n) is 76.1. The number of hydrogen-bond acceptors (Lipinski definition) is 24. The first kappa shape index (κ1) is 106. The molecule has 2 aliphatic rings. The number of carbonyl (C=O) groups excluding carboxylic acids is 10. The highest BCUT2D eigenvalue weighted by molar-refractivity contribution is 5.97. The van der Waals surface area contributed by atoms with Crippen molar-refractivity contribution in [1.82, 2.24) is 54.1 Å². The molecule has 10 amide bonds. The van der Waals surface area contributed by atoms with Gasteiger partial charge in [-0.3, -0.25) is 79.2 Å². The van der Waals surface area contributed by atoms with Gasteiger partial charge in [0.25, 0.3) is 35.4 Å². The molecular formula is C99H121FN16O18. The fourth-order valence-corrected chi connectivity index (χ4v) is 13.5. The normalized spacial score (nSPS) is 11.9. The second kappa shape index (κ2) is 57.9. The second-order valence-corrected chi connectivity index (χ2v) is 31.1. The van der Waals surface area contributed by atoms with Gasteiger partial charge < -0.3 is 61.8 Å². The molecule has 0 saturated carbocycles. The number of para-hydroxylation sites is 5. The molecule has 0 fully saturated rings. The van der Waals surface area contributed by atoms with Crippen molar-refractivity contribution in [3.8, 4) is 23.0 Å². The minimum Gasteiger partial charge on any atom is -0.455 e. The predicted molar refractivity (Wildman–Crippen MR) is 509 cm³/mol. The number of amides is 10. The van der Waals surface area contributed by atoms with E-state index in [-0.39, 0.29) is 66.2 Å². The third-order valence-corrected chi connectivity index (χ3v) is 21.0. The van der Waals surface area contributed by atoms with E-state index in [1.54, 1.807) is 106 Å². The van der Waals surface area contributed by atoms with Crippen LogP contribution >= 0.6 is 0 Å². The number of aryl methyl sites for hydroxylation is 1. The topological polar surface area (TPSA) is 485 Å². The molecule has 2 aliphatic heterocycles. The molecule has 0 radical (unpaired) electrons. The van der Waals surface area contributed by atoms with Crippen LogP contribution in [0.4, 0.5) is 38.5 Å². The van der Waals surface area contributed by atoms with Crippen molar-refractivity contribution in [3.05, 3.63) is 298 Å². The highest BCUT2D eigenvalue weighted by Gasteiger charge is 2.28. The summed E-state index contributed by atoms with van der Waals surface area (Å²) in [6, 6.07) is 68.7. The number of nitrogens with zero attached hydrogens (tertiary/aromatic N) is 2. The molecule has 0 bridgehead atoms. The van der Waals surface area contributed by atoms with E-state index in [0.29, 0.717) is 121 Å². The van der Waals surface area contributed by atoms with Gasteiger partial charge in [-0.25, -0.2) is 37.3 Å². The molecule has 10 aromatic carbocycles. The first-order valence-electron chi connectivity index (χ1n) is 43.7. The van der Waals surface area contributed by atoms with Crippen molar-refractivity contribution >= 4 is 93.2 Å². The lowest BCUT2D eigenvalue weighted by molar-refractivity contribution is -0.130. The lowest BCUT2D eigenvalue weighted by atomic mass is 9.95. The summed E-state index contributed by atoms with van der Waals surface area (Å²) in [5.41, 5.74) is 22.8. The van der Waals surface area contributed by atoms with Crippen LogP contribution in [-0.4, -0.2) is 159 Å². The molecule has 35 heteroatoms. The van der Waals surface area contributed by atoms with Gasteiger partial charge in [-0.05, 0) is 239 Å². The highest BCUT2D eigenvalue weighted by atomic mass is 19.1. The maximum atomic E-state index is 14.2. The van der Waals surface area contributed by atoms with Crippen LogP contribution in [0.2, 0.25) is 0 Å². The van der Waals surface area contributed by atoms with Crippen molar-refractivity contribution in [3.63, 3.8) is 0 Å². The van der Waals surface area contributed by atoms with Crippen molar-refractivity contribution in [2.45, 2.75) is 122 Å². The number of halogens is 1. The van der Waals surface area contributed by atoms with Crippen molar-refractivity contribution < 1.29 is 93.1 Å². The summed E-state index contributed by atoms with van der Waals surface area (Å²) in [5, 5.41) is 75.0. The SMILES string of the molecule is CN(C)c1ccc(C(=O)NCCCCC(=O)NO)cc1.CN(C)c1ccc(C(=O)NCCCCCCC(=O)NO)cc1.CNc1ccc(C(=O)NCCCCC(=O)NO)cc1.CNc1ccc(C(=O)NCCCCCCC(=O)NO)cc1.Cc1cc(F)cc2c1Oc1ccccc1NC2c1ccc(C(=O)NO)cc1.O=C(NO)c1ccc(C2Nc3ccccc3Oc3ccccc32)cc1. The predicted octanol–water partition coefficient (Wildman–Crippen LogP) is 14.8. The molecule has 2 heterocycles. The third kappa shape index (κ3) is 35.7. The Hall–Kier alpha value is -15.0. The van der Waals surface area contributed by atoms with E-state index in [9.17, 15) is 52.3 Å². The van der Waals surface area contributed by atoms with Crippen LogP contribution in [0.5, 0.6) is 23.0 Å². The first-order chi connectivity index (χ1) is 64.7. The highest BCUT2D eigenvalue weighted by Crippen LogP contribution is 2.45. The fraction of sp³-hybridized carbons (Fsp3) is 0.293.